The molecule has 118 valence electrons. The third-order valence-corrected chi connectivity index (χ3v) is 2.87. The number of guanidine groups is 2. The number of aliphatic imine (C=N–C) groups is 2. The van der Waals surface area contributed by atoms with Gasteiger partial charge in [0.05, 0.1) is 22.1 Å². The molecule has 5 N–H and O–H groups in total. The van der Waals surface area contributed by atoms with Gasteiger partial charge in [0.15, 0.2) is 11.9 Å². The predicted octanol–water partition coefficient (Wildman–Crippen LogP) is 2.93. The summed E-state index contributed by atoms with van der Waals surface area (Å²) in [6.07, 6.45) is 0. The summed E-state index contributed by atoms with van der Waals surface area (Å²) in [6, 6.07) is 5.29. The summed E-state index contributed by atoms with van der Waals surface area (Å²) in [5.74, 6) is 0.425. The number of nitrogens with two attached hydrogens (primary N) is 2. The van der Waals surface area contributed by atoms with E-state index < -0.39 is 0 Å². The highest BCUT2D eigenvalue weighted by Gasteiger charge is 2.08. The van der Waals surface area contributed by atoms with Crippen molar-refractivity contribution in [1.29, 1.82) is 0 Å². The van der Waals surface area contributed by atoms with Crippen LogP contribution in [0, 0.1) is 0 Å². The molecule has 21 heavy (non-hydrogen) atoms. The standard InChI is InChI=1S/C13H19Cl2N5.ClH/c1-13(2,3)20-12(17)19-11(16)18-7-8-4-5-9(14)10(15)6-8;/h4-6H,7H2,1-3H3,(H5,16,17,18,19,20);1H. The largest absolute Gasteiger partial charge is 0.370 e. The predicted molar refractivity (Wildman–Crippen MR) is 93.5 cm³/mol. The fourth-order valence-electron chi connectivity index (χ4n) is 1.37. The van der Waals surface area contributed by atoms with E-state index in [4.69, 9.17) is 34.7 Å². The monoisotopic (exact) mass is 351 g/mol. The van der Waals surface area contributed by atoms with Crippen molar-refractivity contribution in [2.75, 3.05) is 0 Å². The second-order valence-corrected chi connectivity index (χ2v) is 6.06. The zero-order valence-corrected chi connectivity index (χ0v) is 14.5. The Balaban J connectivity index is 0.00000400. The van der Waals surface area contributed by atoms with E-state index in [9.17, 15) is 0 Å². The molecule has 1 rings (SSSR count). The van der Waals surface area contributed by atoms with E-state index in [1.54, 1.807) is 12.1 Å². The van der Waals surface area contributed by atoms with Crippen LogP contribution < -0.4 is 16.8 Å². The molecule has 0 unspecified atom stereocenters. The Bertz CT molecular complexity index is 535. The normalized spacial score (nSPS) is 12.8. The highest BCUT2D eigenvalue weighted by atomic mass is 35.5. The van der Waals surface area contributed by atoms with Crippen LogP contribution in [0.25, 0.3) is 0 Å². The van der Waals surface area contributed by atoms with E-state index in [1.807, 2.05) is 26.8 Å². The number of rotatable bonds is 2. The van der Waals surface area contributed by atoms with E-state index in [2.05, 4.69) is 15.3 Å². The van der Waals surface area contributed by atoms with Crippen LogP contribution in [0.4, 0.5) is 0 Å². The number of hydrogen-bond acceptors (Lipinski definition) is 2. The summed E-state index contributed by atoms with van der Waals surface area (Å²) in [4.78, 5) is 8.37. The molecule has 1 aromatic carbocycles. The van der Waals surface area contributed by atoms with Crippen LogP contribution in [0.2, 0.25) is 10.0 Å². The molecule has 0 saturated heterocycles. The highest BCUT2D eigenvalue weighted by Crippen LogP contribution is 2.22. The Morgan fingerprint density at radius 3 is 2.29 bits per heavy atom. The van der Waals surface area contributed by atoms with Gasteiger partial charge in [-0.25, -0.2) is 9.98 Å². The summed E-state index contributed by atoms with van der Waals surface area (Å²) < 4.78 is 0. The molecular formula is C13H20Cl3N5. The fourth-order valence-corrected chi connectivity index (χ4v) is 1.70. The molecule has 0 heterocycles. The van der Waals surface area contributed by atoms with Crippen molar-refractivity contribution in [2.24, 2.45) is 21.5 Å². The van der Waals surface area contributed by atoms with Gasteiger partial charge < -0.3 is 11.5 Å². The first-order valence-electron chi connectivity index (χ1n) is 6.03. The van der Waals surface area contributed by atoms with Crippen molar-refractivity contribution in [3.05, 3.63) is 33.8 Å². The van der Waals surface area contributed by atoms with Gasteiger partial charge in [0.1, 0.15) is 0 Å². The van der Waals surface area contributed by atoms with Crippen LogP contribution in [0.15, 0.2) is 28.2 Å². The maximum absolute atomic E-state index is 5.92. The van der Waals surface area contributed by atoms with Crippen LogP contribution in [0.1, 0.15) is 26.3 Å². The lowest BCUT2D eigenvalue weighted by Gasteiger charge is -2.14. The Labute approximate surface area is 141 Å². The quantitative estimate of drug-likeness (QED) is 0.565. The molecule has 0 aliphatic heterocycles. The third kappa shape index (κ3) is 7.99. The number of nitrogens with one attached hydrogen (secondary N) is 1. The molecule has 0 amide bonds. The summed E-state index contributed by atoms with van der Waals surface area (Å²) >= 11 is 11.8. The molecule has 0 saturated carbocycles. The first-order chi connectivity index (χ1) is 9.17. The lowest BCUT2D eigenvalue weighted by molar-refractivity contribution is 0.581. The molecule has 0 fully saturated rings. The molecule has 0 aromatic heterocycles. The van der Waals surface area contributed by atoms with E-state index in [0.717, 1.165) is 5.56 Å². The minimum Gasteiger partial charge on any atom is -0.370 e. The molecule has 0 radical (unpaired) electrons. The molecule has 0 aliphatic carbocycles. The van der Waals surface area contributed by atoms with Crippen molar-refractivity contribution >= 4 is 47.5 Å². The molecule has 1 aromatic rings. The van der Waals surface area contributed by atoms with Crippen molar-refractivity contribution in [1.82, 2.24) is 5.32 Å². The highest BCUT2D eigenvalue weighted by molar-refractivity contribution is 6.42. The smallest absolute Gasteiger partial charge is 0.195 e. The van der Waals surface area contributed by atoms with Gasteiger partial charge in [-0.2, -0.15) is 0 Å². The van der Waals surface area contributed by atoms with E-state index >= 15 is 0 Å². The summed E-state index contributed by atoms with van der Waals surface area (Å²) in [7, 11) is 0. The van der Waals surface area contributed by atoms with Gasteiger partial charge >= 0.3 is 0 Å². The van der Waals surface area contributed by atoms with Gasteiger partial charge in [-0.05, 0) is 38.5 Å². The lowest BCUT2D eigenvalue weighted by Crippen LogP contribution is -2.42. The van der Waals surface area contributed by atoms with Crippen LogP contribution in [0.3, 0.4) is 0 Å². The molecule has 8 heteroatoms. The summed E-state index contributed by atoms with van der Waals surface area (Å²) in [5.41, 5.74) is 12.1. The average molecular weight is 353 g/mol. The Morgan fingerprint density at radius 1 is 1.14 bits per heavy atom. The summed E-state index contributed by atoms with van der Waals surface area (Å²) in [6.45, 7) is 6.18. The van der Waals surface area contributed by atoms with Gasteiger partial charge in [-0.3, -0.25) is 5.32 Å². The lowest BCUT2D eigenvalue weighted by atomic mass is 10.1. The zero-order chi connectivity index (χ0) is 15.3. The molecular weight excluding hydrogens is 333 g/mol. The minimum atomic E-state index is -0.277. The molecule has 0 aliphatic rings. The number of hydrogen-bond donors (Lipinski definition) is 3. The fraction of sp³-hybridized carbons (Fsp3) is 0.385. The second-order valence-electron chi connectivity index (χ2n) is 5.24. The average Bonchev–Trinajstić information content (AvgIpc) is 2.28. The van der Waals surface area contributed by atoms with Crippen LogP contribution in [-0.2, 0) is 6.54 Å². The third-order valence-electron chi connectivity index (χ3n) is 2.13. The maximum Gasteiger partial charge on any atom is 0.195 e. The SMILES string of the molecule is CC(C)(C)N=C(N)NC(N)=NCc1ccc(Cl)c(Cl)c1.Cl. The van der Waals surface area contributed by atoms with E-state index in [1.165, 1.54) is 0 Å². The van der Waals surface area contributed by atoms with Crippen LogP contribution in [-0.4, -0.2) is 17.5 Å². The van der Waals surface area contributed by atoms with Gasteiger partial charge in [-0.1, -0.05) is 29.3 Å². The van der Waals surface area contributed by atoms with Crippen molar-refractivity contribution in [2.45, 2.75) is 32.9 Å². The van der Waals surface area contributed by atoms with Gasteiger partial charge in [0.25, 0.3) is 0 Å². The van der Waals surface area contributed by atoms with Gasteiger partial charge in [0, 0.05) is 0 Å². The number of halogens is 3. The first kappa shape index (κ1) is 19.8. The second kappa shape index (κ2) is 8.32. The van der Waals surface area contributed by atoms with Crippen molar-refractivity contribution < 1.29 is 0 Å². The Morgan fingerprint density at radius 2 is 1.76 bits per heavy atom. The molecule has 5 nitrogen and oxygen atoms in total. The molecule has 0 bridgehead atoms. The van der Waals surface area contributed by atoms with Gasteiger partial charge in [-0.15, -0.1) is 12.4 Å². The van der Waals surface area contributed by atoms with Crippen molar-refractivity contribution in [3.63, 3.8) is 0 Å². The molecule has 0 spiro atoms. The van der Waals surface area contributed by atoms with E-state index in [0.29, 0.717) is 16.6 Å². The maximum atomic E-state index is 5.92. The Hall–Kier alpha value is -1.17. The first-order valence-corrected chi connectivity index (χ1v) is 6.79. The van der Waals surface area contributed by atoms with Crippen LogP contribution >= 0.6 is 35.6 Å². The topological polar surface area (TPSA) is 88.8 Å². The Kier molecular flexibility index (Phi) is 7.85. The number of benzene rings is 1. The molecule has 0 atom stereocenters. The van der Waals surface area contributed by atoms with Crippen molar-refractivity contribution in [3.8, 4) is 0 Å². The van der Waals surface area contributed by atoms with Crippen LogP contribution in [0.5, 0.6) is 0 Å². The van der Waals surface area contributed by atoms with E-state index in [-0.39, 0.29) is 29.9 Å². The van der Waals surface area contributed by atoms with Gasteiger partial charge in [0.2, 0.25) is 0 Å². The summed E-state index contributed by atoms with van der Waals surface area (Å²) in [5, 5.41) is 3.72. The minimum absolute atomic E-state index is 0. The number of nitrogens with zero attached hydrogens (tertiary/aromatic N) is 2. The zero-order valence-electron chi connectivity index (χ0n) is 12.2.